The maximum Gasteiger partial charge on any atom is 0.573 e. The van der Waals surface area contributed by atoms with Gasteiger partial charge in [-0.25, -0.2) is 0 Å². The van der Waals surface area contributed by atoms with Gasteiger partial charge in [-0.2, -0.15) is 0 Å². The fourth-order valence-electron chi connectivity index (χ4n) is 4.21. The van der Waals surface area contributed by atoms with E-state index in [1.807, 2.05) is 0 Å². The van der Waals surface area contributed by atoms with Gasteiger partial charge >= 0.3 is 6.36 Å². The number of halogens is 3. The number of carbonyl (C=O) groups is 2. The predicted molar refractivity (Wildman–Crippen MR) is 100 cm³/mol. The van der Waals surface area contributed by atoms with Crippen LogP contribution in [0.2, 0.25) is 0 Å². The predicted octanol–water partition coefficient (Wildman–Crippen LogP) is 2.17. The Morgan fingerprint density at radius 2 is 2.03 bits per heavy atom. The lowest BCUT2D eigenvalue weighted by Gasteiger charge is -2.24. The van der Waals surface area contributed by atoms with Gasteiger partial charge in [0.2, 0.25) is 0 Å². The van der Waals surface area contributed by atoms with Crippen LogP contribution in [0.5, 0.6) is 5.75 Å². The molecule has 2 fully saturated rings. The lowest BCUT2D eigenvalue weighted by atomic mass is 9.95. The zero-order valence-corrected chi connectivity index (χ0v) is 16.0. The summed E-state index contributed by atoms with van der Waals surface area (Å²) in [5.41, 5.74) is 1.15. The third kappa shape index (κ3) is 3.53. The Bertz CT molecular complexity index is 984. The number of allylic oxidation sites excluding steroid dienone is 1. The Kier molecular flexibility index (Phi) is 4.59. The quantitative estimate of drug-likeness (QED) is 0.514. The summed E-state index contributed by atoms with van der Waals surface area (Å²) in [5, 5.41) is 13.0. The van der Waals surface area contributed by atoms with E-state index in [1.54, 1.807) is 24.0 Å². The lowest BCUT2D eigenvalue weighted by Crippen LogP contribution is -2.40. The summed E-state index contributed by atoms with van der Waals surface area (Å²) in [6.07, 6.45) is -1.58. The van der Waals surface area contributed by atoms with E-state index in [-0.39, 0.29) is 28.4 Å². The number of likely N-dealkylation sites (tertiary alicyclic amines) is 1. The molecule has 0 radical (unpaired) electrons. The third-order valence-corrected chi connectivity index (χ3v) is 5.71. The Morgan fingerprint density at radius 3 is 2.67 bits per heavy atom. The van der Waals surface area contributed by atoms with Gasteiger partial charge in [0, 0.05) is 36.6 Å². The molecule has 0 bridgehead atoms. The van der Waals surface area contributed by atoms with Crippen LogP contribution >= 0.6 is 0 Å². The van der Waals surface area contributed by atoms with Crippen molar-refractivity contribution in [2.24, 2.45) is 5.92 Å². The van der Waals surface area contributed by atoms with Crippen LogP contribution in [-0.2, 0) is 15.0 Å². The summed E-state index contributed by atoms with van der Waals surface area (Å²) in [6, 6.07) is 5.73. The first-order chi connectivity index (χ1) is 14.1. The molecule has 10 heteroatoms. The van der Waals surface area contributed by atoms with Crippen molar-refractivity contribution in [2.75, 3.05) is 13.1 Å². The van der Waals surface area contributed by atoms with Crippen LogP contribution in [0.3, 0.4) is 0 Å². The molecule has 2 amide bonds. The average Bonchev–Trinajstić information content (AvgIpc) is 3.25. The monoisotopic (exact) mass is 420 g/mol. The van der Waals surface area contributed by atoms with Crippen molar-refractivity contribution >= 4 is 18.0 Å². The van der Waals surface area contributed by atoms with Gasteiger partial charge in [0.15, 0.2) is 0 Å². The van der Waals surface area contributed by atoms with Crippen molar-refractivity contribution in [1.29, 1.82) is 5.41 Å². The Labute approximate surface area is 170 Å². The first kappa shape index (κ1) is 20.0. The molecule has 1 aliphatic carbocycles. The van der Waals surface area contributed by atoms with Crippen molar-refractivity contribution in [1.82, 2.24) is 15.5 Å². The Balaban J connectivity index is 1.52. The van der Waals surface area contributed by atoms with Crippen molar-refractivity contribution in [3.63, 3.8) is 0 Å². The second-order valence-electron chi connectivity index (χ2n) is 7.67. The third-order valence-electron chi connectivity index (χ3n) is 5.71. The van der Waals surface area contributed by atoms with Crippen LogP contribution in [0.25, 0.3) is 0 Å². The fraction of sp³-hybridized carbons (Fsp3) is 0.350. The van der Waals surface area contributed by atoms with Crippen molar-refractivity contribution < 1.29 is 27.5 Å². The number of fused-ring (bicyclic) bond motifs is 1. The van der Waals surface area contributed by atoms with Gasteiger partial charge in [0.05, 0.1) is 5.57 Å². The van der Waals surface area contributed by atoms with Gasteiger partial charge in [-0.15, -0.1) is 13.2 Å². The number of ether oxygens (including phenoxy) is 1. The van der Waals surface area contributed by atoms with Gasteiger partial charge < -0.3 is 25.7 Å². The number of piperidine rings is 1. The molecule has 2 atom stereocenters. The van der Waals surface area contributed by atoms with Crippen molar-refractivity contribution in [3.05, 3.63) is 53.0 Å². The average molecular weight is 420 g/mol. The van der Waals surface area contributed by atoms with Crippen LogP contribution in [0, 0.1) is 11.3 Å². The summed E-state index contributed by atoms with van der Waals surface area (Å²) in [5.74, 6) is -1.03. The van der Waals surface area contributed by atoms with Crippen LogP contribution < -0.4 is 15.4 Å². The van der Waals surface area contributed by atoms with Crippen LogP contribution in [-0.4, -0.2) is 42.4 Å². The highest BCUT2D eigenvalue weighted by Crippen LogP contribution is 2.59. The molecule has 0 spiro atoms. The number of hydrogen-bond acceptors (Lipinski definition) is 5. The van der Waals surface area contributed by atoms with Crippen molar-refractivity contribution in [3.8, 4) is 5.75 Å². The Morgan fingerprint density at radius 1 is 1.33 bits per heavy atom. The minimum atomic E-state index is -4.75. The first-order valence-electron chi connectivity index (χ1n) is 9.28. The normalized spacial score (nSPS) is 26.8. The summed E-state index contributed by atoms with van der Waals surface area (Å²) in [7, 11) is 0. The topological polar surface area (TPSA) is 94.5 Å². The van der Waals surface area contributed by atoms with Gasteiger partial charge in [-0.05, 0) is 37.0 Å². The zero-order chi connectivity index (χ0) is 21.7. The molecule has 1 saturated heterocycles. The summed E-state index contributed by atoms with van der Waals surface area (Å²) >= 11 is 0. The standard InChI is InChI=1S/C20H19F3N4O3/c1-11-8-25-17(28)16(26-11)15(7-24)18(29)27-9-13-6-19(13,10-27)12-2-4-14(5-3-12)30-20(21,22)23/h2-5,7-8,13,24,26H,6,9-10H2,1H3,(H,25,28)/b16-15+,24-7?. The number of benzene rings is 1. The van der Waals surface area contributed by atoms with E-state index < -0.39 is 18.2 Å². The molecule has 2 heterocycles. The van der Waals surface area contributed by atoms with Crippen molar-refractivity contribution in [2.45, 2.75) is 25.1 Å². The number of hydrogen-bond donors (Lipinski definition) is 3. The molecule has 30 heavy (non-hydrogen) atoms. The van der Waals surface area contributed by atoms with E-state index in [4.69, 9.17) is 5.41 Å². The number of carbonyl (C=O) groups excluding carboxylic acids is 2. The molecule has 0 aromatic heterocycles. The second-order valence-corrected chi connectivity index (χ2v) is 7.67. The highest BCUT2D eigenvalue weighted by Gasteiger charge is 2.61. The van der Waals surface area contributed by atoms with Crippen LogP contribution in [0.15, 0.2) is 47.4 Å². The van der Waals surface area contributed by atoms with E-state index in [0.29, 0.717) is 18.8 Å². The van der Waals surface area contributed by atoms with E-state index in [1.165, 1.54) is 18.3 Å². The summed E-state index contributed by atoms with van der Waals surface area (Å²) in [6.45, 7) is 2.55. The molecular weight excluding hydrogens is 401 g/mol. The molecule has 2 aliphatic heterocycles. The number of rotatable bonds is 4. The molecule has 3 aliphatic rings. The molecule has 1 aromatic rings. The molecule has 3 N–H and O–H groups in total. The molecule has 2 unspecified atom stereocenters. The van der Waals surface area contributed by atoms with E-state index in [9.17, 15) is 22.8 Å². The van der Waals surface area contributed by atoms with Gasteiger partial charge in [-0.1, -0.05) is 12.1 Å². The highest BCUT2D eigenvalue weighted by molar-refractivity contribution is 6.17. The molecule has 158 valence electrons. The zero-order valence-electron chi connectivity index (χ0n) is 16.0. The van der Waals surface area contributed by atoms with Crippen LogP contribution in [0.4, 0.5) is 13.2 Å². The number of nitrogens with zero attached hydrogens (tertiary/aromatic N) is 1. The lowest BCUT2D eigenvalue weighted by molar-refractivity contribution is -0.274. The van der Waals surface area contributed by atoms with Gasteiger partial charge in [0.25, 0.3) is 11.8 Å². The number of amides is 2. The maximum absolute atomic E-state index is 13.0. The van der Waals surface area contributed by atoms with Crippen LogP contribution in [0.1, 0.15) is 18.9 Å². The number of nitrogens with one attached hydrogen (secondary N) is 3. The summed E-state index contributed by atoms with van der Waals surface area (Å²) in [4.78, 5) is 26.7. The highest BCUT2D eigenvalue weighted by atomic mass is 19.4. The summed E-state index contributed by atoms with van der Waals surface area (Å²) < 4.78 is 41.0. The van der Waals surface area contributed by atoms with E-state index in [2.05, 4.69) is 15.4 Å². The first-order valence-corrected chi connectivity index (χ1v) is 9.28. The molecule has 4 rings (SSSR count). The molecule has 1 saturated carbocycles. The largest absolute Gasteiger partial charge is 0.573 e. The minimum Gasteiger partial charge on any atom is -0.406 e. The SMILES string of the molecule is CC1=CNC(=O)/C(=C(/C=N)C(=O)N2CC3CC3(c3ccc(OC(F)(F)F)cc3)C2)N1. The fourth-order valence-corrected chi connectivity index (χ4v) is 4.21. The minimum absolute atomic E-state index is 0.0262. The smallest absolute Gasteiger partial charge is 0.406 e. The maximum atomic E-state index is 13.0. The van der Waals surface area contributed by atoms with E-state index in [0.717, 1.165) is 18.2 Å². The molecule has 1 aromatic carbocycles. The van der Waals surface area contributed by atoms with E-state index >= 15 is 0 Å². The molecular formula is C20H19F3N4O3. The Hall–Kier alpha value is -3.30. The molecule has 7 nitrogen and oxygen atoms in total. The second kappa shape index (κ2) is 6.89. The number of alkyl halides is 3. The van der Waals surface area contributed by atoms with Gasteiger partial charge in [0.1, 0.15) is 11.4 Å². The van der Waals surface area contributed by atoms with Gasteiger partial charge in [-0.3, -0.25) is 9.59 Å².